The second kappa shape index (κ2) is 7.57. The van der Waals surface area contributed by atoms with E-state index in [2.05, 4.69) is 37.1 Å². The van der Waals surface area contributed by atoms with E-state index in [4.69, 9.17) is 4.74 Å². The molecular weight excluding hydrogens is 264 g/mol. The number of likely N-dealkylation sites (N-methyl/N-ethyl adjacent to an activating group) is 2. The fraction of sp³-hybridized carbons (Fsp3) is 0.588. The topological polar surface area (TPSA) is 32.8 Å². The molecule has 1 aromatic rings. The number of morpholine rings is 1. The van der Waals surface area contributed by atoms with Crippen LogP contribution < -0.4 is 0 Å². The maximum Gasteiger partial charge on any atom is 0.222 e. The lowest BCUT2D eigenvalue weighted by Gasteiger charge is -2.32. The van der Waals surface area contributed by atoms with Gasteiger partial charge < -0.3 is 14.5 Å². The highest BCUT2D eigenvalue weighted by Gasteiger charge is 2.21. The number of aryl methyl sites for hydroxylation is 2. The maximum atomic E-state index is 12.2. The fourth-order valence-electron chi connectivity index (χ4n) is 2.69. The number of carbonyl (C=O) groups is 1. The zero-order valence-corrected chi connectivity index (χ0v) is 13.3. The molecule has 0 saturated carbocycles. The van der Waals surface area contributed by atoms with Crippen molar-refractivity contribution in [3.8, 4) is 0 Å². The molecule has 1 fully saturated rings. The normalized spacial score (nSPS) is 19.5. The molecule has 116 valence electrons. The first-order chi connectivity index (χ1) is 10.0. The SMILES string of the molecule is Cc1cccc(CCC(=O)N(C)CC2CN(C)CCO2)c1. The van der Waals surface area contributed by atoms with Crippen molar-refractivity contribution in [1.29, 1.82) is 0 Å². The molecule has 1 unspecified atom stereocenters. The number of benzene rings is 1. The summed E-state index contributed by atoms with van der Waals surface area (Å²) in [6.07, 6.45) is 1.50. The van der Waals surface area contributed by atoms with Crippen LogP contribution in [0.15, 0.2) is 24.3 Å². The number of hydrogen-bond donors (Lipinski definition) is 0. The molecule has 2 rings (SSSR count). The summed E-state index contributed by atoms with van der Waals surface area (Å²) in [5, 5.41) is 0. The Morgan fingerprint density at radius 1 is 1.48 bits per heavy atom. The predicted octanol–water partition coefficient (Wildman–Crippen LogP) is 1.72. The van der Waals surface area contributed by atoms with E-state index in [9.17, 15) is 4.79 Å². The Balaban J connectivity index is 1.77. The van der Waals surface area contributed by atoms with Crippen molar-refractivity contribution in [2.45, 2.75) is 25.9 Å². The molecule has 0 aromatic heterocycles. The van der Waals surface area contributed by atoms with Gasteiger partial charge in [0.2, 0.25) is 5.91 Å². The maximum absolute atomic E-state index is 12.2. The van der Waals surface area contributed by atoms with E-state index in [0.717, 1.165) is 26.1 Å². The van der Waals surface area contributed by atoms with Gasteiger partial charge in [-0.15, -0.1) is 0 Å². The molecule has 0 aliphatic carbocycles. The van der Waals surface area contributed by atoms with E-state index in [1.54, 1.807) is 4.90 Å². The number of amides is 1. The van der Waals surface area contributed by atoms with Crippen molar-refractivity contribution < 1.29 is 9.53 Å². The molecule has 0 spiro atoms. The van der Waals surface area contributed by atoms with Crippen molar-refractivity contribution in [3.63, 3.8) is 0 Å². The van der Waals surface area contributed by atoms with Crippen molar-refractivity contribution in [2.24, 2.45) is 0 Å². The van der Waals surface area contributed by atoms with Crippen LogP contribution in [0.3, 0.4) is 0 Å². The average molecular weight is 290 g/mol. The summed E-state index contributed by atoms with van der Waals surface area (Å²) >= 11 is 0. The molecule has 1 aliphatic heterocycles. The van der Waals surface area contributed by atoms with E-state index in [1.165, 1.54) is 11.1 Å². The van der Waals surface area contributed by atoms with Crippen molar-refractivity contribution in [3.05, 3.63) is 35.4 Å². The van der Waals surface area contributed by atoms with Crippen LogP contribution in [-0.4, -0.2) is 62.1 Å². The molecule has 1 saturated heterocycles. The van der Waals surface area contributed by atoms with Gasteiger partial charge in [0, 0.05) is 33.1 Å². The number of hydrogen-bond acceptors (Lipinski definition) is 3. The molecule has 4 nitrogen and oxygen atoms in total. The molecule has 0 N–H and O–H groups in total. The van der Waals surface area contributed by atoms with Crippen LogP contribution >= 0.6 is 0 Å². The molecule has 1 amide bonds. The third kappa shape index (κ3) is 5.14. The number of ether oxygens (including phenoxy) is 1. The van der Waals surface area contributed by atoms with Gasteiger partial charge in [-0.25, -0.2) is 0 Å². The minimum absolute atomic E-state index is 0.136. The Morgan fingerprint density at radius 3 is 3.00 bits per heavy atom. The van der Waals surface area contributed by atoms with Gasteiger partial charge in [-0.2, -0.15) is 0 Å². The minimum atomic E-state index is 0.136. The van der Waals surface area contributed by atoms with Crippen LogP contribution in [-0.2, 0) is 16.0 Å². The zero-order chi connectivity index (χ0) is 15.2. The molecule has 1 heterocycles. The zero-order valence-electron chi connectivity index (χ0n) is 13.3. The largest absolute Gasteiger partial charge is 0.374 e. The van der Waals surface area contributed by atoms with E-state index >= 15 is 0 Å². The summed E-state index contributed by atoms with van der Waals surface area (Å²) in [5.74, 6) is 0.188. The van der Waals surface area contributed by atoms with Crippen molar-refractivity contribution in [2.75, 3.05) is 40.3 Å². The van der Waals surface area contributed by atoms with Crippen molar-refractivity contribution in [1.82, 2.24) is 9.80 Å². The average Bonchev–Trinajstić information content (AvgIpc) is 2.45. The van der Waals surface area contributed by atoms with E-state index in [1.807, 2.05) is 13.1 Å². The predicted molar refractivity (Wildman–Crippen MR) is 84.4 cm³/mol. The quantitative estimate of drug-likeness (QED) is 0.828. The third-order valence-electron chi connectivity index (χ3n) is 3.96. The highest BCUT2D eigenvalue weighted by molar-refractivity contribution is 5.76. The summed E-state index contributed by atoms with van der Waals surface area (Å²) < 4.78 is 5.71. The summed E-state index contributed by atoms with van der Waals surface area (Å²) in [5.41, 5.74) is 2.47. The second-order valence-electron chi connectivity index (χ2n) is 6.02. The molecule has 21 heavy (non-hydrogen) atoms. The van der Waals surface area contributed by atoms with E-state index in [0.29, 0.717) is 13.0 Å². The third-order valence-corrected chi connectivity index (χ3v) is 3.96. The smallest absolute Gasteiger partial charge is 0.222 e. The lowest BCUT2D eigenvalue weighted by atomic mass is 10.1. The molecule has 1 aromatic carbocycles. The first-order valence-corrected chi connectivity index (χ1v) is 7.64. The Kier molecular flexibility index (Phi) is 5.76. The van der Waals surface area contributed by atoms with Crippen LogP contribution in [0.5, 0.6) is 0 Å². The van der Waals surface area contributed by atoms with Crippen LogP contribution in [0.4, 0.5) is 0 Å². The Labute approximate surface area is 127 Å². The summed E-state index contributed by atoms with van der Waals surface area (Å²) in [4.78, 5) is 16.3. The van der Waals surface area contributed by atoms with E-state index in [-0.39, 0.29) is 12.0 Å². The second-order valence-corrected chi connectivity index (χ2v) is 6.02. The highest BCUT2D eigenvalue weighted by Crippen LogP contribution is 2.09. The first-order valence-electron chi connectivity index (χ1n) is 7.64. The van der Waals surface area contributed by atoms with Gasteiger partial charge in [0.05, 0.1) is 12.7 Å². The van der Waals surface area contributed by atoms with Gasteiger partial charge in [0.1, 0.15) is 0 Å². The van der Waals surface area contributed by atoms with Gasteiger partial charge in [-0.3, -0.25) is 4.79 Å². The summed E-state index contributed by atoms with van der Waals surface area (Å²) in [7, 11) is 3.96. The molecule has 4 heteroatoms. The minimum Gasteiger partial charge on any atom is -0.374 e. The lowest BCUT2D eigenvalue weighted by molar-refractivity contribution is -0.132. The van der Waals surface area contributed by atoms with Crippen LogP contribution in [0, 0.1) is 6.92 Å². The van der Waals surface area contributed by atoms with Crippen molar-refractivity contribution >= 4 is 5.91 Å². The van der Waals surface area contributed by atoms with Gasteiger partial charge >= 0.3 is 0 Å². The number of carbonyl (C=O) groups excluding carboxylic acids is 1. The lowest BCUT2D eigenvalue weighted by Crippen LogP contribution is -2.46. The standard InChI is InChI=1S/C17H26N2O2/c1-14-5-4-6-15(11-14)7-8-17(20)19(3)13-16-12-18(2)9-10-21-16/h4-6,11,16H,7-10,12-13H2,1-3H3. The fourth-order valence-corrected chi connectivity index (χ4v) is 2.69. The molecule has 1 atom stereocenters. The monoisotopic (exact) mass is 290 g/mol. The molecule has 0 bridgehead atoms. The van der Waals surface area contributed by atoms with Gasteiger partial charge in [-0.05, 0) is 26.0 Å². The molecule has 0 radical (unpaired) electrons. The van der Waals surface area contributed by atoms with Gasteiger partial charge in [0.25, 0.3) is 0 Å². The van der Waals surface area contributed by atoms with Gasteiger partial charge in [0.15, 0.2) is 0 Å². The van der Waals surface area contributed by atoms with Crippen LogP contribution in [0.25, 0.3) is 0 Å². The van der Waals surface area contributed by atoms with Gasteiger partial charge in [-0.1, -0.05) is 29.8 Å². The summed E-state index contributed by atoms with van der Waals surface area (Å²) in [6, 6.07) is 8.35. The summed E-state index contributed by atoms with van der Waals surface area (Å²) in [6.45, 7) is 5.38. The molecule has 1 aliphatic rings. The number of rotatable bonds is 5. The van der Waals surface area contributed by atoms with Crippen LogP contribution in [0.1, 0.15) is 17.5 Å². The Bertz CT molecular complexity index is 476. The van der Waals surface area contributed by atoms with E-state index < -0.39 is 0 Å². The Hall–Kier alpha value is -1.39. The molecular formula is C17H26N2O2. The Morgan fingerprint density at radius 2 is 2.29 bits per heavy atom. The number of nitrogens with zero attached hydrogens (tertiary/aromatic N) is 2. The first kappa shape index (κ1) is 16.0. The highest BCUT2D eigenvalue weighted by atomic mass is 16.5. The van der Waals surface area contributed by atoms with Crippen LogP contribution in [0.2, 0.25) is 0 Å².